The largest absolute Gasteiger partial charge is 0.350 e. The van der Waals surface area contributed by atoms with E-state index in [-0.39, 0.29) is 29.5 Å². The van der Waals surface area contributed by atoms with Gasteiger partial charge in [0.15, 0.2) is 0 Å². The lowest BCUT2D eigenvalue weighted by atomic mass is 10.1. The molecule has 0 atom stereocenters. The van der Waals surface area contributed by atoms with Crippen molar-refractivity contribution in [3.63, 3.8) is 0 Å². The molecule has 0 unspecified atom stereocenters. The van der Waals surface area contributed by atoms with E-state index >= 15 is 0 Å². The van der Waals surface area contributed by atoms with Gasteiger partial charge in [0.25, 0.3) is 0 Å². The van der Waals surface area contributed by atoms with E-state index in [0.717, 1.165) is 31.6 Å². The summed E-state index contributed by atoms with van der Waals surface area (Å²) in [5, 5.41) is 3.00. The SMILES string of the molecule is O=C(Cc1c(F)cccc1Cl)NCc1ccnc(N2CCCC2)n1. The molecule has 1 N–H and O–H groups in total. The summed E-state index contributed by atoms with van der Waals surface area (Å²) in [5.74, 6) is -0.0873. The molecule has 2 heterocycles. The number of halogens is 2. The maximum atomic E-state index is 13.7. The van der Waals surface area contributed by atoms with Crippen LogP contribution in [0.2, 0.25) is 5.02 Å². The molecule has 5 nitrogen and oxygen atoms in total. The van der Waals surface area contributed by atoms with Gasteiger partial charge in [0.1, 0.15) is 5.82 Å². The zero-order valence-electron chi connectivity index (χ0n) is 13.1. The van der Waals surface area contributed by atoms with E-state index in [0.29, 0.717) is 5.95 Å². The highest BCUT2D eigenvalue weighted by molar-refractivity contribution is 6.31. The molecule has 24 heavy (non-hydrogen) atoms. The van der Waals surface area contributed by atoms with E-state index in [1.54, 1.807) is 18.3 Å². The van der Waals surface area contributed by atoms with Crippen molar-refractivity contribution in [1.29, 1.82) is 0 Å². The van der Waals surface area contributed by atoms with Crippen LogP contribution >= 0.6 is 11.6 Å². The summed E-state index contributed by atoms with van der Waals surface area (Å²) < 4.78 is 13.7. The molecule has 0 spiro atoms. The van der Waals surface area contributed by atoms with E-state index < -0.39 is 5.82 Å². The van der Waals surface area contributed by atoms with Crippen LogP contribution < -0.4 is 10.2 Å². The average molecular weight is 349 g/mol. The second kappa shape index (κ2) is 7.57. The standard InChI is InChI=1S/C17H18ClFN4O/c18-14-4-3-5-15(19)13(14)10-16(24)21-11-12-6-7-20-17(22-12)23-8-1-2-9-23/h3-7H,1-2,8-11H2,(H,21,24). The van der Waals surface area contributed by atoms with E-state index in [1.165, 1.54) is 12.1 Å². The lowest BCUT2D eigenvalue weighted by Crippen LogP contribution is -2.26. The normalized spacial score (nSPS) is 14.0. The van der Waals surface area contributed by atoms with Gasteiger partial charge >= 0.3 is 0 Å². The predicted molar refractivity (Wildman–Crippen MR) is 90.4 cm³/mol. The van der Waals surface area contributed by atoms with Crippen molar-refractivity contribution in [2.45, 2.75) is 25.8 Å². The molecule has 1 aromatic carbocycles. The number of amides is 1. The number of anilines is 1. The topological polar surface area (TPSA) is 58.1 Å². The quantitative estimate of drug-likeness (QED) is 0.902. The fourth-order valence-corrected chi connectivity index (χ4v) is 2.90. The van der Waals surface area contributed by atoms with Gasteiger partial charge in [-0.2, -0.15) is 0 Å². The lowest BCUT2D eigenvalue weighted by Gasteiger charge is -2.15. The first-order valence-corrected chi connectivity index (χ1v) is 8.28. The van der Waals surface area contributed by atoms with Crippen LogP contribution in [0.4, 0.5) is 10.3 Å². The zero-order valence-corrected chi connectivity index (χ0v) is 13.9. The Labute approximate surface area is 144 Å². The van der Waals surface area contributed by atoms with Gasteiger partial charge in [-0.1, -0.05) is 17.7 Å². The van der Waals surface area contributed by atoms with E-state index in [4.69, 9.17) is 11.6 Å². The van der Waals surface area contributed by atoms with Crippen molar-refractivity contribution in [3.8, 4) is 0 Å². The average Bonchev–Trinajstić information content (AvgIpc) is 3.11. The van der Waals surface area contributed by atoms with E-state index in [9.17, 15) is 9.18 Å². The van der Waals surface area contributed by atoms with Crippen molar-refractivity contribution in [3.05, 3.63) is 52.6 Å². The highest BCUT2D eigenvalue weighted by Crippen LogP contribution is 2.19. The molecule has 0 bridgehead atoms. The Morgan fingerprint density at radius 3 is 2.83 bits per heavy atom. The molecule has 1 aromatic heterocycles. The van der Waals surface area contributed by atoms with E-state index in [2.05, 4.69) is 20.2 Å². The smallest absolute Gasteiger partial charge is 0.225 e. The number of nitrogens with one attached hydrogen (secondary N) is 1. The fraction of sp³-hybridized carbons (Fsp3) is 0.353. The van der Waals surface area contributed by atoms with Crippen LogP contribution in [-0.2, 0) is 17.8 Å². The Morgan fingerprint density at radius 1 is 1.29 bits per heavy atom. The minimum absolute atomic E-state index is 0.102. The molecular formula is C17H18ClFN4O. The second-order valence-corrected chi connectivity index (χ2v) is 6.10. The summed E-state index contributed by atoms with van der Waals surface area (Å²) in [5.41, 5.74) is 0.928. The maximum absolute atomic E-state index is 13.7. The van der Waals surface area contributed by atoms with Crippen LogP contribution in [-0.4, -0.2) is 29.0 Å². The van der Waals surface area contributed by atoms with Crippen LogP contribution in [0.1, 0.15) is 24.1 Å². The van der Waals surface area contributed by atoms with Crippen molar-refractivity contribution in [2.24, 2.45) is 0 Å². The number of benzene rings is 1. The highest BCUT2D eigenvalue weighted by atomic mass is 35.5. The van der Waals surface area contributed by atoms with Gasteiger partial charge in [-0.05, 0) is 31.0 Å². The third-order valence-electron chi connectivity index (χ3n) is 3.96. The summed E-state index contributed by atoms with van der Waals surface area (Å²) in [7, 11) is 0. The molecule has 0 aliphatic carbocycles. The number of hydrogen-bond acceptors (Lipinski definition) is 4. The first-order valence-electron chi connectivity index (χ1n) is 7.90. The van der Waals surface area contributed by atoms with Crippen molar-refractivity contribution in [2.75, 3.05) is 18.0 Å². The Hall–Kier alpha value is -2.21. The number of aromatic nitrogens is 2. The number of rotatable bonds is 5. The molecule has 0 saturated carbocycles. The fourth-order valence-electron chi connectivity index (χ4n) is 2.67. The third-order valence-corrected chi connectivity index (χ3v) is 4.31. The van der Waals surface area contributed by atoms with Crippen LogP contribution in [0.15, 0.2) is 30.5 Å². The molecule has 0 radical (unpaired) electrons. The van der Waals surface area contributed by atoms with Crippen LogP contribution in [0, 0.1) is 5.82 Å². The van der Waals surface area contributed by atoms with Crippen LogP contribution in [0.25, 0.3) is 0 Å². The van der Waals surface area contributed by atoms with Crippen molar-refractivity contribution < 1.29 is 9.18 Å². The molecule has 1 amide bonds. The lowest BCUT2D eigenvalue weighted by molar-refractivity contribution is -0.120. The summed E-state index contributed by atoms with van der Waals surface area (Å²) in [6, 6.07) is 6.14. The summed E-state index contributed by atoms with van der Waals surface area (Å²) in [6.07, 6.45) is 3.88. The molecule has 1 aliphatic rings. The summed E-state index contributed by atoms with van der Waals surface area (Å²) in [6.45, 7) is 2.19. The zero-order chi connectivity index (χ0) is 16.9. The first kappa shape index (κ1) is 16.6. The number of carbonyl (C=O) groups excluding carboxylic acids is 1. The Bertz CT molecular complexity index is 714. The molecule has 126 valence electrons. The van der Waals surface area contributed by atoms with Crippen LogP contribution in [0.5, 0.6) is 0 Å². The minimum Gasteiger partial charge on any atom is -0.350 e. The first-order chi connectivity index (χ1) is 11.6. The molecule has 1 saturated heterocycles. The molecule has 3 rings (SSSR count). The Morgan fingerprint density at radius 2 is 2.08 bits per heavy atom. The van der Waals surface area contributed by atoms with Crippen molar-refractivity contribution >= 4 is 23.5 Å². The highest BCUT2D eigenvalue weighted by Gasteiger charge is 2.15. The van der Waals surface area contributed by atoms with Gasteiger partial charge in [0.2, 0.25) is 11.9 Å². The summed E-state index contributed by atoms with van der Waals surface area (Å²) >= 11 is 5.94. The van der Waals surface area contributed by atoms with Gasteiger partial charge in [0.05, 0.1) is 18.7 Å². The Balaban J connectivity index is 1.59. The molecule has 2 aromatic rings. The molecule has 7 heteroatoms. The maximum Gasteiger partial charge on any atom is 0.225 e. The molecule has 1 aliphatic heterocycles. The molecular weight excluding hydrogens is 331 g/mol. The number of nitrogens with zero attached hydrogens (tertiary/aromatic N) is 3. The van der Waals surface area contributed by atoms with Gasteiger partial charge in [-0.15, -0.1) is 0 Å². The third kappa shape index (κ3) is 4.00. The predicted octanol–water partition coefficient (Wildman–Crippen LogP) is 2.73. The van der Waals surface area contributed by atoms with Crippen LogP contribution in [0.3, 0.4) is 0 Å². The number of carbonyl (C=O) groups is 1. The van der Waals surface area contributed by atoms with E-state index in [1.807, 2.05) is 0 Å². The van der Waals surface area contributed by atoms with Gasteiger partial charge in [-0.3, -0.25) is 4.79 Å². The Kier molecular flexibility index (Phi) is 5.25. The monoisotopic (exact) mass is 348 g/mol. The van der Waals surface area contributed by atoms with Gasteiger partial charge < -0.3 is 10.2 Å². The van der Waals surface area contributed by atoms with Crippen molar-refractivity contribution in [1.82, 2.24) is 15.3 Å². The van der Waals surface area contributed by atoms with Gasteiger partial charge in [0, 0.05) is 29.9 Å². The number of hydrogen-bond donors (Lipinski definition) is 1. The second-order valence-electron chi connectivity index (χ2n) is 5.70. The van der Waals surface area contributed by atoms with Gasteiger partial charge in [-0.25, -0.2) is 14.4 Å². The molecule has 1 fully saturated rings. The minimum atomic E-state index is -0.476. The summed E-state index contributed by atoms with van der Waals surface area (Å²) in [4.78, 5) is 22.9.